The average Bonchev–Trinajstić information content (AvgIpc) is 3.43. The minimum Gasteiger partial charge on any atom is -0.330 e. The minimum atomic E-state index is -0.263. The number of aromatic nitrogens is 2. The molecule has 1 saturated heterocycles. The highest BCUT2D eigenvalue weighted by Gasteiger charge is 2.25. The molecule has 2 aliphatic heterocycles. The van der Waals surface area contributed by atoms with E-state index in [1.54, 1.807) is 29.3 Å². The Labute approximate surface area is 181 Å². The summed E-state index contributed by atoms with van der Waals surface area (Å²) in [6.07, 6.45) is 7.67. The number of hydrogen-bond acceptors (Lipinski definition) is 4. The molecule has 1 aromatic heterocycles. The van der Waals surface area contributed by atoms with Gasteiger partial charge < -0.3 is 14.8 Å². The van der Waals surface area contributed by atoms with Crippen LogP contribution in [0.2, 0.25) is 5.02 Å². The molecule has 30 heavy (non-hydrogen) atoms. The first-order valence-corrected chi connectivity index (χ1v) is 10.7. The van der Waals surface area contributed by atoms with Crippen molar-refractivity contribution in [3.05, 3.63) is 59.2 Å². The molecule has 8 heteroatoms. The summed E-state index contributed by atoms with van der Waals surface area (Å²) in [6, 6.07) is 7.37. The van der Waals surface area contributed by atoms with Gasteiger partial charge in [-0.2, -0.15) is 0 Å². The first-order chi connectivity index (χ1) is 14.5. The van der Waals surface area contributed by atoms with Gasteiger partial charge in [-0.15, -0.1) is 0 Å². The number of carbonyl (C=O) groups is 2. The predicted octanol–water partition coefficient (Wildman–Crippen LogP) is 3.17. The molecule has 0 aliphatic carbocycles. The van der Waals surface area contributed by atoms with Crippen LogP contribution in [0.15, 0.2) is 42.6 Å². The molecule has 0 unspecified atom stereocenters. The van der Waals surface area contributed by atoms with Crippen LogP contribution in [0, 0.1) is 0 Å². The number of anilines is 1. The highest BCUT2D eigenvalue weighted by Crippen LogP contribution is 2.22. The van der Waals surface area contributed by atoms with E-state index < -0.39 is 0 Å². The number of rotatable bonds is 5. The molecule has 158 valence electrons. The number of nitrogens with one attached hydrogen (secondary N) is 1. The van der Waals surface area contributed by atoms with Gasteiger partial charge in [0.2, 0.25) is 5.91 Å². The maximum atomic E-state index is 12.7. The van der Waals surface area contributed by atoms with Gasteiger partial charge in [0.1, 0.15) is 11.5 Å². The van der Waals surface area contributed by atoms with Crippen molar-refractivity contribution in [2.24, 2.45) is 0 Å². The third-order valence-corrected chi connectivity index (χ3v) is 6.09. The van der Waals surface area contributed by atoms with E-state index in [-0.39, 0.29) is 17.9 Å². The van der Waals surface area contributed by atoms with Gasteiger partial charge in [-0.3, -0.25) is 14.5 Å². The third-order valence-electron chi connectivity index (χ3n) is 5.76. The Kier molecular flexibility index (Phi) is 6.20. The van der Waals surface area contributed by atoms with Gasteiger partial charge in [0, 0.05) is 25.2 Å². The Bertz CT molecular complexity index is 964. The lowest BCUT2D eigenvalue weighted by Crippen LogP contribution is -2.38. The molecular weight excluding hydrogens is 402 g/mol. The van der Waals surface area contributed by atoms with Crippen molar-refractivity contribution in [3.8, 4) is 0 Å². The molecule has 7 nitrogen and oxygen atoms in total. The second-order valence-electron chi connectivity index (χ2n) is 7.75. The summed E-state index contributed by atoms with van der Waals surface area (Å²) in [4.78, 5) is 33.9. The molecule has 3 heterocycles. The zero-order valence-electron chi connectivity index (χ0n) is 17.1. The predicted molar refractivity (Wildman–Crippen MR) is 116 cm³/mol. The van der Waals surface area contributed by atoms with Crippen LogP contribution in [0.4, 0.5) is 5.69 Å². The Hall–Kier alpha value is -2.64. The molecule has 0 spiro atoms. The number of benzene rings is 1. The monoisotopic (exact) mass is 427 g/mol. The van der Waals surface area contributed by atoms with E-state index in [2.05, 4.69) is 22.1 Å². The van der Waals surface area contributed by atoms with Gasteiger partial charge in [-0.25, -0.2) is 4.98 Å². The fourth-order valence-electron chi connectivity index (χ4n) is 3.98. The van der Waals surface area contributed by atoms with Crippen molar-refractivity contribution < 1.29 is 9.59 Å². The number of halogens is 1. The van der Waals surface area contributed by atoms with Gasteiger partial charge in [-0.05, 0) is 45.0 Å². The van der Waals surface area contributed by atoms with Crippen LogP contribution >= 0.6 is 11.6 Å². The zero-order chi connectivity index (χ0) is 21.1. The Balaban J connectivity index is 1.39. The van der Waals surface area contributed by atoms with Gasteiger partial charge >= 0.3 is 0 Å². The van der Waals surface area contributed by atoms with E-state index in [1.807, 2.05) is 22.8 Å². The number of fused-ring (bicyclic) bond motifs is 1. The molecular formula is C22H26ClN5O2. The lowest BCUT2D eigenvalue weighted by atomic mass is 10.2. The molecule has 4 rings (SSSR count). The van der Waals surface area contributed by atoms with Crippen LogP contribution in [-0.4, -0.2) is 56.8 Å². The van der Waals surface area contributed by atoms with E-state index in [9.17, 15) is 9.59 Å². The summed E-state index contributed by atoms with van der Waals surface area (Å²) in [7, 11) is 0. The normalized spacial score (nSPS) is 17.9. The second kappa shape index (κ2) is 9.02. The van der Waals surface area contributed by atoms with E-state index in [0.717, 1.165) is 13.1 Å². The lowest BCUT2D eigenvalue weighted by molar-refractivity contribution is -0.127. The smallest absolute Gasteiger partial charge is 0.273 e. The van der Waals surface area contributed by atoms with Crippen molar-refractivity contribution in [3.63, 3.8) is 0 Å². The second-order valence-corrected chi connectivity index (χ2v) is 8.16. The quantitative estimate of drug-likeness (QED) is 0.744. The summed E-state index contributed by atoms with van der Waals surface area (Å²) >= 11 is 6.13. The fourth-order valence-corrected chi connectivity index (χ4v) is 4.16. The van der Waals surface area contributed by atoms with E-state index in [4.69, 9.17) is 11.6 Å². The van der Waals surface area contributed by atoms with Crippen LogP contribution in [0.5, 0.6) is 0 Å². The Morgan fingerprint density at radius 1 is 1.17 bits per heavy atom. The van der Waals surface area contributed by atoms with Gasteiger partial charge in [-0.1, -0.05) is 29.8 Å². The SMILES string of the molecule is C[C@@H](/C=C/C(=O)N1CCn2c(C(=O)Nc3ccccc3Cl)cnc2C1)N1CCCC1. The number of likely N-dealkylation sites (tertiary alicyclic amines) is 1. The average molecular weight is 428 g/mol. The molecule has 1 atom stereocenters. The molecule has 1 aromatic carbocycles. The largest absolute Gasteiger partial charge is 0.330 e. The van der Waals surface area contributed by atoms with E-state index in [0.29, 0.717) is 41.9 Å². The standard InChI is InChI=1S/C22H26ClN5O2/c1-16(26-10-4-5-11-26)8-9-21(29)27-12-13-28-19(14-24-20(28)15-27)22(30)25-18-7-3-2-6-17(18)23/h2-3,6-9,14,16H,4-5,10-13,15H2,1H3,(H,25,30)/b9-8+/t16-/m0/s1. The Morgan fingerprint density at radius 3 is 2.70 bits per heavy atom. The summed E-state index contributed by atoms with van der Waals surface area (Å²) < 4.78 is 1.87. The molecule has 0 saturated carbocycles. The van der Waals surface area contributed by atoms with Crippen molar-refractivity contribution >= 4 is 29.1 Å². The van der Waals surface area contributed by atoms with Crippen molar-refractivity contribution in [1.82, 2.24) is 19.4 Å². The Morgan fingerprint density at radius 2 is 1.93 bits per heavy atom. The number of imidazole rings is 1. The summed E-state index contributed by atoms with van der Waals surface area (Å²) in [5, 5.41) is 3.31. The third kappa shape index (κ3) is 4.42. The molecule has 1 fully saturated rings. The maximum Gasteiger partial charge on any atom is 0.273 e. The molecule has 0 radical (unpaired) electrons. The number of hydrogen-bond donors (Lipinski definition) is 1. The van der Waals surface area contributed by atoms with Gasteiger partial charge in [0.05, 0.1) is 23.5 Å². The lowest BCUT2D eigenvalue weighted by Gasteiger charge is -2.28. The van der Waals surface area contributed by atoms with Crippen molar-refractivity contribution in [2.75, 3.05) is 25.0 Å². The van der Waals surface area contributed by atoms with Crippen LogP contribution in [0.3, 0.4) is 0 Å². The molecule has 2 amide bonds. The summed E-state index contributed by atoms with van der Waals surface area (Å²) in [5.74, 6) is 0.429. The zero-order valence-corrected chi connectivity index (χ0v) is 17.8. The molecule has 2 aromatic rings. The molecule has 0 bridgehead atoms. The highest BCUT2D eigenvalue weighted by atomic mass is 35.5. The van der Waals surface area contributed by atoms with Gasteiger partial charge in [0.15, 0.2) is 0 Å². The minimum absolute atomic E-state index is 0.0163. The maximum absolute atomic E-state index is 12.7. The summed E-state index contributed by atoms with van der Waals surface area (Å²) in [6.45, 7) is 5.78. The van der Waals surface area contributed by atoms with E-state index in [1.165, 1.54) is 12.8 Å². The van der Waals surface area contributed by atoms with Crippen LogP contribution in [0.1, 0.15) is 36.1 Å². The highest BCUT2D eigenvalue weighted by molar-refractivity contribution is 6.33. The van der Waals surface area contributed by atoms with Crippen LogP contribution in [0.25, 0.3) is 0 Å². The molecule has 1 N–H and O–H groups in total. The van der Waals surface area contributed by atoms with Gasteiger partial charge in [0.25, 0.3) is 5.91 Å². The van der Waals surface area contributed by atoms with Crippen molar-refractivity contribution in [2.45, 2.75) is 38.9 Å². The van der Waals surface area contributed by atoms with E-state index >= 15 is 0 Å². The first kappa shape index (κ1) is 20.6. The number of para-hydroxylation sites is 1. The molecule has 2 aliphatic rings. The number of amides is 2. The van der Waals surface area contributed by atoms with Crippen LogP contribution in [-0.2, 0) is 17.9 Å². The number of carbonyl (C=O) groups excluding carboxylic acids is 2. The van der Waals surface area contributed by atoms with Crippen LogP contribution < -0.4 is 5.32 Å². The van der Waals surface area contributed by atoms with Crippen molar-refractivity contribution in [1.29, 1.82) is 0 Å². The first-order valence-electron chi connectivity index (χ1n) is 10.3. The topological polar surface area (TPSA) is 70.5 Å². The summed E-state index contributed by atoms with van der Waals surface area (Å²) in [5.41, 5.74) is 1.03. The number of nitrogens with zero attached hydrogens (tertiary/aromatic N) is 4. The fraction of sp³-hybridized carbons (Fsp3) is 0.409.